The number of hydrogen-bond donors (Lipinski definition) is 0. The van der Waals surface area contributed by atoms with Gasteiger partial charge in [0.25, 0.3) is 12.3 Å². The van der Waals surface area contributed by atoms with Gasteiger partial charge in [-0.05, 0) is 89.1 Å². The van der Waals surface area contributed by atoms with E-state index in [-0.39, 0.29) is 37.5 Å². The molecule has 2 aromatic rings. The fraction of sp³-hybridized carbons (Fsp3) is 0.628. The molecular weight excluding hydrogens is 926 g/mol. The molecule has 0 bridgehead atoms. The second-order valence-corrected chi connectivity index (χ2v) is 18.3. The summed E-state index contributed by atoms with van der Waals surface area (Å²) < 4.78 is 112. The first-order chi connectivity index (χ1) is 29.7. The molecule has 21 heteroatoms. The Morgan fingerprint density at radius 3 is 1.47 bits per heavy atom. The number of hydrogen-bond acceptors (Lipinski definition) is 12. The molecule has 2 aliphatic heterocycles. The highest BCUT2D eigenvalue weighted by atomic mass is 79.9. The van der Waals surface area contributed by atoms with Crippen LogP contribution in [-0.2, 0) is 54.0 Å². The van der Waals surface area contributed by atoms with Crippen LogP contribution in [0, 0.1) is 0 Å². The van der Waals surface area contributed by atoms with Crippen LogP contribution in [-0.4, -0.2) is 132 Å². The maximum Gasteiger partial charge on any atom is 0.416 e. The van der Waals surface area contributed by atoms with E-state index in [9.17, 15) is 45.5 Å². The zero-order valence-electron chi connectivity index (χ0n) is 37.0. The van der Waals surface area contributed by atoms with E-state index in [0.29, 0.717) is 81.7 Å². The highest BCUT2D eigenvalue weighted by molar-refractivity contribution is 9.09. The molecular formula is C43H57BrF6N4O10. The lowest BCUT2D eigenvalue weighted by Crippen LogP contribution is -2.49. The predicted octanol–water partition coefficient (Wildman–Crippen LogP) is 8.26. The summed E-state index contributed by atoms with van der Waals surface area (Å²) in [7, 11) is 1.20. The standard InChI is InChI=1S/C22H30BrF3N2O5.C21H27F3N2O5/c1-21(2,3)33-20(30)28-9-7-27(8-10-28)14-15-11-16(22(24,25)26)13-17(12-15)32-18(5-6-23)19(29)31-4;1-19(2,3)31-18(28)26-8-6-25(7-9-26)13-15-10-16(21(22,23)24)12-17(11-15)30-20(4-5-20)29-14-27/h11-13,18H,5-10,14H2,1-4H3;10-12,14H,4-9,13H2,1-3H3. The monoisotopic (exact) mass is 982 g/mol. The number of methoxy groups -OCH3 is 1. The number of ether oxygens (including phenoxy) is 6. The first-order valence-corrected chi connectivity index (χ1v) is 21.8. The van der Waals surface area contributed by atoms with Crippen molar-refractivity contribution in [3.05, 3.63) is 58.7 Å². The van der Waals surface area contributed by atoms with Gasteiger partial charge in [-0.1, -0.05) is 15.9 Å². The van der Waals surface area contributed by atoms with Crippen LogP contribution >= 0.6 is 15.9 Å². The number of esters is 1. The maximum atomic E-state index is 13.5. The number of piperazine rings is 2. The van der Waals surface area contributed by atoms with Crippen molar-refractivity contribution in [3.8, 4) is 11.5 Å². The molecule has 1 atom stereocenters. The Morgan fingerprint density at radius 1 is 0.688 bits per heavy atom. The minimum atomic E-state index is -4.57. The molecule has 0 radical (unpaired) electrons. The zero-order chi connectivity index (χ0) is 47.7. The van der Waals surface area contributed by atoms with Gasteiger partial charge >= 0.3 is 30.5 Å². The normalized spacial score (nSPS) is 17.6. The van der Waals surface area contributed by atoms with E-state index in [1.54, 1.807) is 51.3 Å². The van der Waals surface area contributed by atoms with Gasteiger partial charge in [-0.3, -0.25) is 14.6 Å². The molecule has 2 heterocycles. The second-order valence-electron chi connectivity index (χ2n) is 17.5. The van der Waals surface area contributed by atoms with Crippen LogP contribution < -0.4 is 9.47 Å². The molecule has 1 unspecified atom stereocenters. The first kappa shape index (κ1) is 52.1. The number of alkyl halides is 7. The molecule has 2 amide bonds. The fourth-order valence-corrected chi connectivity index (χ4v) is 6.99. The molecule has 1 saturated carbocycles. The molecule has 3 aliphatic rings. The topological polar surface area (TPSA) is 137 Å². The Kier molecular flexibility index (Phi) is 17.6. The number of benzene rings is 2. The molecule has 1 aliphatic carbocycles. The predicted molar refractivity (Wildman–Crippen MR) is 224 cm³/mol. The van der Waals surface area contributed by atoms with Gasteiger partial charge in [0.05, 0.1) is 18.2 Å². The van der Waals surface area contributed by atoms with Crippen molar-refractivity contribution in [2.75, 3.05) is 64.8 Å². The van der Waals surface area contributed by atoms with Crippen molar-refractivity contribution in [3.63, 3.8) is 0 Å². The quantitative estimate of drug-likeness (QED) is 0.0478. The van der Waals surface area contributed by atoms with Crippen LogP contribution in [0.4, 0.5) is 35.9 Å². The van der Waals surface area contributed by atoms with E-state index in [1.807, 2.05) is 9.80 Å². The summed E-state index contributed by atoms with van der Waals surface area (Å²) in [6, 6.07) is 6.99. The summed E-state index contributed by atoms with van der Waals surface area (Å²) in [5.41, 5.74) is -2.04. The SMILES string of the molecule is CC(C)(C)OC(=O)N1CCN(Cc2cc(OC3(OC=O)CC3)cc(C(F)(F)F)c2)CC1.COC(=O)C(CCBr)Oc1cc(CN2CCN(C(=O)OC(C)(C)C)CC2)cc(C(F)(F)F)c1. The van der Waals surface area contributed by atoms with Crippen LogP contribution in [0.2, 0.25) is 0 Å². The highest BCUT2D eigenvalue weighted by Gasteiger charge is 2.49. The molecule has 2 saturated heterocycles. The largest absolute Gasteiger partial charge is 0.479 e. The van der Waals surface area contributed by atoms with Gasteiger partial charge in [-0.25, -0.2) is 14.4 Å². The maximum absolute atomic E-state index is 13.5. The van der Waals surface area contributed by atoms with Crippen LogP contribution in [0.1, 0.15) is 83.1 Å². The number of halogens is 7. The minimum absolute atomic E-state index is 0.0107. The number of carbonyl (C=O) groups is 4. The van der Waals surface area contributed by atoms with Crippen molar-refractivity contribution in [1.29, 1.82) is 0 Å². The van der Waals surface area contributed by atoms with Gasteiger partial charge in [-0.15, -0.1) is 0 Å². The molecule has 358 valence electrons. The van der Waals surface area contributed by atoms with Crippen molar-refractivity contribution in [1.82, 2.24) is 19.6 Å². The molecule has 0 aromatic heterocycles. The average molecular weight is 984 g/mol. The zero-order valence-corrected chi connectivity index (χ0v) is 38.6. The lowest BCUT2D eigenvalue weighted by atomic mass is 10.1. The van der Waals surface area contributed by atoms with Gasteiger partial charge in [0.1, 0.15) is 22.7 Å². The molecule has 64 heavy (non-hydrogen) atoms. The molecule has 3 fully saturated rings. The van der Waals surface area contributed by atoms with E-state index >= 15 is 0 Å². The fourth-order valence-electron chi connectivity index (χ4n) is 6.57. The first-order valence-electron chi connectivity index (χ1n) is 20.7. The number of nitrogens with zero attached hydrogens (tertiary/aromatic N) is 4. The van der Waals surface area contributed by atoms with Gasteiger partial charge in [-0.2, -0.15) is 26.3 Å². The number of rotatable bonds is 13. The van der Waals surface area contributed by atoms with E-state index in [1.165, 1.54) is 19.2 Å². The minimum Gasteiger partial charge on any atom is -0.479 e. The Hall–Kier alpha value is -4.50. The van der Waals surface area contributed by atoms with Gasteiger partial charge in [0, 0.05) is 90.0 Å². The molecule has 5 rings (SSSR count). The van der Waals surface area contributed by atoms with Crippen LogP contribution in [0.15, 0.2) is 36.4 Å². The lowest BCUT2D eigenvalue weighted by molar-refractivity contribution is -0.154. The highest BCUT2D eigenvalue weighted by Crippen LogP contribution is 2.42. The molecule has 0 spiro atoms. The van der Waals surface area contributed by atoms with Crippen LogP contribution in [0.25, 0.3) is 0 Å². The van der Waals surface area contributed by atoms with Crippen molar-refractivity contribution in [2.24, 2.45) is 0 Å². The summed E-state index contributed by atoms with van der Waals surface area (Å²) in [5.74, 6) is -1.87. The third kappa shape index (κ3) is 16.8. The van der Waals surface area contributed by atoms with Gasteiger partial charge in [0.15, 0.2) is 6.10 Å². The summed E-state index contributed by atoms with van der Waals surface area (Å²) in [6.07, 6.45) is -9.82. The summed E-state index contributed by atoms with van der Waals surface area (Å²) in [4.78, 5) is 54.0. The Bertz CT molecular complexity index is 1900. The smallest absolute Gasteiger partial charge is 0.416 e. The molecule has 0 N–H and O–H groups in total. The van der Waals surface area contributed by atoms with E-state index in [0.717, 1.165) is 24.3 Å². The molecule has 2 aromatic carbocycles. The summed E-state index contributed by atoms with van der Waals surface area (Å²) in [6.45, 7) is 15.1. The van der Waals surface area contributed by atoms with Crippen molar-refractivity contribution in [2.45, 2.75) is 109 Å². The van der Waals surface area contributed by atoms with Crippen LogP contribution in [0.3, 0.4) is 0 Å². The number of amides is 2. The van der Waals surface area contributed by atoms with E-state index in [2.05, 4.69) is 20.7 Å². The summed E-state index contributed by atoms with van der Waals surface area (Å²) in [5, 5.41) is 0.417. The van der Waals surface area contributed by atoms with Gasteiger partial charge in [0.2, 0.25) is 0 Å². The Balaban J connectivity index is 0.000000281. The third-order valence-electron chi connectivity index (χ3n) is 9.79. The van der Waals surface area contributed by atoms with Gasteiger partial charge < -0.3 is 38.2 Å². The number of carbonyl (C=O) groups excluding carboxylic acids is 4. The average Bonchev–Trinajstić information content (AvgIpc) is 3.94. The van der Waals surface area contributed by atoms with Crippen LogP contribution in [0.5, 0.6) is 11.5 Å². The Labute approximate surface area is 377 Å². The Morgan fingerprint density at radius 2 is 1.11 bits per heavy atom. The summed E-state index contributed by atoms with van der Waals surface area (Å²) >= 11 is 3.21. The lowest BCUT2D eigenvalue weighted by Gasteiger charge is -2.35. The van der Waals surface area contributed by atoms with E-state index < -0.39 is 64.7 Å². The third-order valence-corrected chi connectivity index (χ3v) is 10.2. The molecule has 14 nitrogen and oxygen atoms in total. The van der Waals surface area contributed by atoms with E-state index in [4.69, 9.17) is 23.7 Å². The van der Waals surface area contributed by atoms with Crippen molar-refractivity contribution < 1.29 is 73.9 Å². The second kappa shape index (κ2) is 21.7. The van der Waals surface area contributed by atoms with Crippen molar-refractivity contribution >= 4 is 40.6 Å².